The van der Waals surface area contributed by atoms with Crippen molar-refractivity contribution in [1.82, 2.24) is 0 Å². The molecule has 0 fully saturated rings. The Bertz CT molecular complexity index is 90.4. The topological polar surface area (TPSA) is 12.4 Å². The van der Waals surface area contributed by atoms with Crippen LogP contribution in [0.2, 0.25) is 0 Å². The van der Waals surface area contributed by atoms with Gasteiger partial charge < -0.3 is 0 Å². The normalized spacial score (nSPS) is 11.0. The van der Waals surface area contributed by atoms with Crippen LogP contribution in [0, 0.1) is 0 Å². The minimum atomic E-state index is 1.69. The third-order valence-corrected chi connectivity index (χ3v) is 0.457. The zero-order chi connectivity index (χ0) is 5.54. The maximum absolute atomic E-state index is 3.78. The van der Waals surface area contributed by atoms with E-state index in [-0.39, 0.29) is 0 Å². The number of allylic oxidation sites excluding steroid dienone is 2. The molecule has 0 saturated heterocycles. The Balaban J connectivity index is 3.27. The average Bonchev–Trinajstić information content (AvgIpc) is 1.69. The van der Waals surface area contributed by atoms with E-state index < -0.39 is 0 Å². The molecule has 0 heterocycles. The van der Waals surface area contributed by atoms with Crippen LogP contribution in [0.25, 0.3) is 0 Å². The largest absolute Gasteiger partial charge is 0.269 e. The molecule has 1 heteroatoms. The van der Waals surface area contributed by atoms with Crippen LogP contribution in [0.1, 0.15) is 6.92 Å². The highest BCUT2D eigenvalue weighted by Gasteiger charge is 1.51. The van der Waals surface area contributed by atoms with Gasteiger partial charge in [0, 0.05) is 12.4 Å². The molecule has 0 aromatic heterocycles. The SMILES string of the molecule is C=C/C=C\N=C/C. The lowest BCUT2D eigenvalue weighted by molar-refractivity contribution is 1.58. The molecular weight excluding hydrogens is 86.1 g/mol. The monoisotopic (exact) mass is 95.1 g/mol. The minimum Gasteiger partial charge on any atom is -0.269 e. The van der Waals surface area contributed by atoms with E-state index in [9.17, 15) is 0 Å². The molecule has 0 aliphatic heterocycles. The Hall–Kier alpha value is -0.850. The minimum absolute atomic E-state index is 1.69. The molecule has 0 atom stereocenters. The van der Waals surface area contributed by atoms with Crippen LogP contribution in [0.3, 0.4) is 0 Å². The molecule has 0 radical (unpaired) electrons. The summed E-state index contributed by atoms with van der Waals surface area (Å²) >= 11 is 0. The zero-order valence-electron chi connectivity index (χ0n) is 4.46. The Labute approximate surface area is 44.1 Å². The Kier molecular flexibility index (Phi) is 4.52. The van der Waals surface area contributed by atoms with Crippen molar-refractivity contribution >= 4 is 6.21 Å². The summed E-state index contributed by atoms with van der Waals surface area (Å²) in [5.74, 6) is 0. The summed E-state index contributed by atoms with van der Waals surface area (Å²) in [6.07, 6.45) is 6.88. The number of rotatable bonds is 2. The van der Waals surface area contributed by atoms with Crippen molar-refractivity contribution in [2.45, 2.75) is 6.92 Å². The molecule has 0 aromatic carbocycles. The molecule has 7 heavy (non-hydrogen) atoms. The maximum atomic E-state index is 3.78. The predicted molar refractivity (Wildman–Crippen MR) is 33.5 cm³/mol. The molecule has 0 aliphatic rings. The van der Waals surface area contributed by atoms with Crippen LogP contribution in [-0.4, -0.2) is 6.21 Å². The maximum Gasteiger partial charge on any atom is 0.0263 e. The molecule has 0 amide bonds. The van der Waals surface area contributed by atoms with E-state index in [1.165, 1.54) is 0 Å². The van der Waals surface area contributed by atoms with E-state index in [4.69, 9.17) is 0 Å². The smallest absolute Gasteiger partial charge is 0.0263 e. The first kappa shape index (κ1) is 6.15. The van der Waals surface area contributed by atoms with Gasteiger partial charge in [0.25, 0.3) is 0 Å². The molecule has 0 saturated carbocycles. The molecule has 0 aliphatic carbocycles. The molecule has 0 aromatic rings. The Morgan fingerprint density at radius 2 is 2.29 bits per heavy atom. The van der Waals surface area contributed by atoms with E-state index in [0.29, 0.717) is 0 Å². The van der Waals surface area contributed by atoms with Crippen molar-refractivity contribution in [1.29, 1.82) is 0 Å². The summed E-state index contributed by atoms with van der Waals surface area (Å²) in [5.41, 5.74) is 0. The first-order chi connectivity index (χ1) is 3.41. The summed E-state index contributed by atoms with van der Waals surface area (Å²) < 4.78 is 0. The summed E-state index contributed by atoms with van der Waals surface area (Å²) in [4.78, 5) is 3.78. The first-order valence-electron chi connectivity index (χ1n) is 2.17. The molecule has 38 valence electrons. The standard InChI is InChI=1S/C6H9N/c1-3-5-6-7-4-2/h3-6H,1H2,2H3/b6-5-,7-4-. The highest BCUT2D eigenvalue weighted by molar-refractivity contribution is 5.54. The van der Waals surface area contributed by atoms with Gasteiger partial charge in [0.15, 0.2) is 0 Å². The average molecular weight is 95.1 g/mol. The van der Waals surface area contributed by atoms with Gasteiger partial charge in [0.05, 0.1) is 0 Å². The number of hydrogen-bond donors (Lipinski definition) is 0. The number of hydrogen-bond acceptors (Lipinski definition) is 1. The van der Waals surface area contributed by atoms with Crippen molar-refractivity contribution in [2.24, 2.45) is 4.99 Å². The molecular formula is C6H9N. The predicted octanol–water partition coefficient (Wildman–Crippen LogP) is 1.78. The second-order valence-corrected chi connectivity index (χ2v) is 0.984. The van der Waals surface area contributed by atoms with Crippen LogP contribution >= 0.6 is 0 Å². The second-order valence-electron chi connectivity index (χ2n) is 0.984. The van der Waals surface area contributed by atoms with Gasteiger partial charge in [-0.25, -0.2) is 0 Å². The third kappa shape index (κ3) is 5.15. The van der Waals surface area contributed by atoms with Gasteiger partial charge in [-0.3, -0.25) is 4.99 Å². The van der Waals surface area contributed by atoms with E-state index >= 15 is 0 Å². The fourth-order valence-corrected chi connectivity index (χ4v) is 0.197. The van der Waals surface area contributed by atoms with E-state index in [1.54, 1.807) is 24.6 Å². The van der Waals surface area contributed by atoms with E-state index in [1.807, 2.05) is 6.92 Å². The van der Waals surface area contributed by atoms with Gasteiger partial charge in [-0.1, -0.05) is 12.7 Å². The molecule has 1 nitrogen and oxygen atoms in total. The van der Waals surface area contributed by atoms with Gasteiger partial charge in [0.1, 0.15) is 0 Å². The first-order valence-corrected chi connectivity index (χ1v) is 2.17. The van der Waals surface area contributed by atoms with Gasteiger partial charge in [-0.05, 0) is 13.0 Å². The molecule has 0 spiro atoms. The van der Waals surface area contributed by atoms with Crippen molar-refractivity contribution in [3.63, 3.8) is 0 Å². The zero-order valence-corrected chi connectivity index (χ0v) is 4.46. The summed E-state index contributed by atoms with van der Waals surface area (Å²) in [7, 11) is 0. The quantitative estimate of drug-likeness (QED) is 0.366. The fraction of sp³-hybridized carbons (Fsp3) is 0.167. The van der Waals surface area contributed by atoms with Gasteiger partial charge in [0.2, 0.25) is 0 Å². The molecule has 0 bridgehead atoms. The Morgan fingerprint density at radius 1 is 1.57 bits per heavy atom. The van der Waals surface area contributed by atoms with E-state index in [2.05, 4.69) is 11.6 Å². The van der Waals surface area contributed by atoms with Gasteiger partial charge in [-0.15, -0.1) is 0 Å². The fourth-order valence-electron chi connectivity index (χ4n) is 0.197. The third-order valence-electron chi connectivity index (χ3n) is 0.457. The Morgan fingerprint density at radius 3 is 2.71 bits per heavy atom. The highest BCUT2D eigenvalue weighted by Crippen LogP contribution is 1.71. The van der Waals surface area contributed by atoms with Crippen LogP contribution in [0.5, 0.6) is 0 Å². The number of aliphatic imine (C=N–C) groups is 1. The lowest BCUT2D eigenvalue weighted by Crippen LogP contribution is -1.51. The van der Waals surface area contributed by atoms with Crippen LogP contribution in [0.4, 0.5) is 0 Å². The van der Waals surface area contributed by atoms with Gasteiger partial charge in [-0.2, -0.15) is 0 Å². The summed E-state index contributed by atoms with van der Waals surface area (Å²) in [6, 6.07) is 0. The van der Waals surface area contributed by atoms with Crippen molar-refractivity contribution < 1.29 is 0 Å². The highest BCUT2D eigenvalue weighted by atomic mass is 14.6. The molecule has 0 N–H and O–H groups in total. The van der Waals surface area contributed by atoms with Gasteiger partial charge >= 0.3 is 0 Å². The molecule has 0 rings (SSSR count). The van der Waals surface area contributed by atoms with Crippen molar-refractivity contribution in [3.8, 4) is 0 Å². The lowest BCUT2D eigenvalue weighted by Gasteiger charge is -1.66. The lowest BCUT2D eigenvalue weighted by atomic mass is 10.6. The molecule has 0 unspecified atom stereocenters. The van der Waals surface area contributed by atoms with Crippen molar-refractivity contribution in [3.05, 3.63) is 24.9 Å². The van der Waals surface area contributed by atoms with Crippen LogP contribution < -0.4 is 0 Å². The van der Waals surface area contributed by atoms with Crippen LogP contribution in [-0.2, 0) is 0 Å². The second kappa shape index (κ2) is 5.15. The van der Waals surface area contributed by atoms with E-state index in [0.717, 1.165) is 0 Å². The summed E-state index contributed by atoms with van der Waals surface area (Å²) in [5, 5.41) is 0. The number of nitrogens with zero attached hydrogens (tertiary/aromatic N) is 1. The van der Waals surface area contributed by atoms with Crippen LogP contribution in [0.15, 0.2) is 29.9 Å². The van der Waals surface area contributed by atoms with Crippen molar-refractivity contribution in [2.75, 3.05) is 0 Å². The summed E-state index contributed by atoms with van der Waals surface area (Å²) in [6.45, 7) is 5.34.